The molecule has 0 amide bonds. The van der Waals surface area contributed by atoms with Crippen molar-refractivity contribution in [3.8, 4) is 5.75 Å². The van der Waals surface area contributed by atoms with Crippen molar-refractivity contribution in [2.24, 2.45) is 11.8 Å². The number of esters is 2. The first kappa shape index (κ1) is 21.8. The average Bonchev–Trinajstić information content (AvgIpc) is 2.68. The second kappa shape index (κ2) is 8.47. The Kier molecular flexibility index (Phi) is 6.17. The van der Waals surface area contributed by atoms with Crippen LogP contribution < -0.4 is 9.64 Å². The zero-order valence-electron chi connectivity index (χ0n) is 17.8. The van der Waals surface area contributed by atoms with Gasteiger partial charge in [-0.1, -0.05) is 6.08 Å². The van der Waals surface area contributed by atoms with E-state index in [1.807, 2.05) is 48.4 Å². The number of Topliss-reactive ketones (excluding diaryl/α,β-unsaturated/α-hetero) is 1. The van der Waals surface area contributed by atoms with Gasteiger partial charge in [0.25, 0.3) is 0 Å². The number of methoxy groups -OCH3 is 1. The summed E-state index contributed by atoms with van der Waals surface area (Å²) in [6.45, 7) is 5.84. The molecular weight excluding hydrogens is 390 g/mol. The molecule has 1 aromatic rings. The van der Waals surface area contributed by atoms with Crippen LogP contribution in [-0.4, -0.2) is 49.4 Å². The van der Waals surface area contributed by atoms with Crippen LogP contribution in [0.25, 0.3) is 0 Å². The quantitative estimate of drug-likeness (QED) is 0.652. The van der Waals surface area contributed by atoms with Gasteiger partial charge in [-0.15, -0.1) is 0 Å². The molecule has 5 atom stereocenters. The molecule has 1 saturated heterocycles. The second-order valence-corrected chi connectivity index (χ2v) is 7.66. The van der Waals surface area contributed by atoms with Crippen LogP contribution >= 0.6 is 0 Å². The lowest BCUT2D eigenvalue weighted by atomic mass is 9.71. The first-order valence-electron chi connectivity index (χ1n) is 9.78. The van der Waals surface area contributed by atoms with E-state index in [0.29, 0.717) is 5.75 Å². The number of carbonyl (C=O) groups is 3. The van der Waals surface area contributed by atoms with E-state index < -0.39 is 41.7 Å². The summed E-state index contributed by atoms with van der Waals surface area (Å²) in [5.74, 6) is -1.35. The average molecular weight is 417 g/mol. The molecule has 2 bridgehead atoms. The van der Waals surface area contributed by atoms with E-state index in [2.05, 4.69) is 0 Å². The van der Waals surface area contributed by atoms with Gasteiger partial charge in [-0.2, -0.15) is 0 Å². The van der Waals surface area contributed by atoms with Crippen molar-refractivity contribution < 1.29 is 33.3 Å². The minimum Gasteiger partial charge on any atom is -0.497 e. The molecule has 0 aromatic heterocycles. The fourth-order valence-corrected chi connectivity index (χ4v) is 4.41. The number of benzene rings is 1. The highest BCUT2D eigenvalue weighted by Gasteiger charge is 2.59. The molecule has 0 spiro atoms. The van der Waals surface area contributed by atoms with Crippen molar-refractivity contribution in [2.45, 2.75) is 45.6 Å². The van der Waals surface area contributed by atoms with E-state index in [0.717, 1.165) is 5.69 Å². The lowest BCUT2D eigenvalue weighted by molar-refractivity contribution is -0.234. The highest BCUT2D eigenvalue weighted by molar-refractivity contribution is 5.82. The highest BCUT2D eigenvalue weighted by atomic mass is 16.6. The number of carbonyl (C=O) groups excluding carboxylic acids is 3. The summed E-state index contributed by atoms with van der Waals surface area (Å²) in [5.41, 5.74) is -0.266. The molecule has 5 unspecified atom stereocenters. The molecule has 30 heavy (non-hydrogen) atoms. The normalized spacial score (nSPS) is 29.8. The van der Waals surface area contributed by atoms with Crippen molar-refractivity contribution in [3.63, 3.8) is 0 Å². The van der Waals surface area contributed by atoms with Crippen LogP contribution in [0.15, 0.2) is 36.5 Å². The van der Waals surface area contributed by atoms with Gasteiger partial charge >= 0.3 is 11.9 Å². The molecule has 1 aromatic carbocycles. The van der Waals surface area contributed by atoms with Gasteiger partial charge in [0.15, 0.2) is 5.72 Å². The monoisotopic (exact) mass is 417 g/mol. The minimum atomic E-state index is -1.07. The summed E-state index contributed by atoms with van der Waals surface area (Å²) in [6, 6.07) is 7.38. The van der Waals surface area contributed by atoms with Gasteiger partial charge in [0.1, 0.15) is 30.3 Å². The van der Waals surface area contributed by atoms with Crippen molar-refractivity contribution in [1.82, 2.24) is 0 Å². The van der Waals surface area contributed by atoms with Gasteiger partial charge in [0.05, 0.1) is 13.0 Å². The lowest BCUT2D eigenvalue weighted by Crippen LogP contribution is -2.68. The van der Waals surface area contributed by atoms with E-state index in [4.69, 9.17) is 18.9 Å². The number of anilines is 1. The van der Waals surface area contributed by atoms with Crippen molar-refractivity contribution in [2.75, 3.05) is 18.6 Å². The van der Waals surface area contributed by atoms with E-state index in [1.54, 1.807) is 7.11 Å². The third-order valence-corrected chi connectivity index (χ3v) is 5.57. The Balaban J connectivity index is 2.04. The summed E-state index contributed by atoms with van der Waals surface area (Å²) in [6.07, 6.45) is 2.21. The fraction of sp³-hybridized carbons (Fsp3) is 0.500. The van der Waals surface area contributed by atoms with Crippen molar-refractivity contribution >= 4 is 23.4 Å². The molecule has 3 rings (SSSR count). The molecule has 162 valence electrons. The van der Waals surface area contributed by atoms with Crippen LogP contribution in [0.2, 0.25) is 0 Å². The zero-order chi connectivity index (χ0) is 22.1. The van der Waals surface area contributed by atoms with Gasteiger partial charge in [-0.3, -0.25) is 14.4 Å². The SMILES string of the molecule is COc1ccc(N2C=CC3C(OC(C)=O)C(COC(C)=O)OC2(C)C3C(C)=O)cc1. The molecule has 0 aliphatic carbocycles. The number of hydrogen-bond donors (Lipinski definition) is 0. The Morgan fingerprint density at radius 1 is 1.10 bits per heavy atom. The molecule has 2 heterocycles. The van der Waals surface area contributed by atoms with Crippen LogP contribution in [0.3, 0.4) is 0 Å². The molecule has 2 aliphatic rings. The fourth-order valence-electron chi connectivity index (χ4n) is 4.41. The largest absolute Gasteiger partial charge is 0.497 e. The van der Waals surface area contributed by atoms with E-state index >= 15 is 0 Å². The predicted octanol–water partition coefficient (Wildman–Crippen LogP) is 2.46. The predicted molar refractivity (Wildman–Crippen MR) is 108 cm³/mol. The van der Waals surface area contributed by atoms with Gasteiger partial charge in [0, 0.05) is 31.7 Å². The number of hydrogen-bond acceptors (Lipinski definition) is 8. The van der Waals surface area contributed by atoms with E-state index in [-0.39, 0.29) is 12.4 Å². The summed E-state index contributed by atoms with van der Waals surface area (Å²) in [5, 5.41) is 0. The van der Waals surface area contributed by atoms with Gasteiger partial charge in [-0.05, 0) is 38.1 Å². The second-order valence-electron chi connectivity index (χ2n) is 7.66. The molecule has 0 saturated carbocycles. The highest BCUT2D eigenvalue weighted by Crippen LogP contribution is 2.48. The number of nitrogens with zero attached hydrogens (tertiary/aromatic N) is 1. The third kappa shape index (κ3) is 4.05. The number of fused-ring (bicyclic) bond motifs is 2. The molecule has 1 fully saturated rings. The van der Waals surface area contributed by atoms with E-state index in [1.165, 1.54) is 20.8 Å². The summed E-state index contributed by atoms with van der Waals surface area (Å²) in [4.78, 5) is 37.7. The van der Waals surface area contributed by atoms with Crippen LogP contribution in [0.4, 0.5) is 5.69 Å². The summed E-state index contributed by atoms with van der Waals surface area (Å²) < 4.78 is 22.3. The van der Waals surface area contributed by atoms with Crippen molar-refractivity contribution in [1.29, 1.82) is 0 Å². The Morgan fingerprint density at radius 3 is 2.30 bits per heavy atom. The molecule has 0 radical (unpaired) electrons. The van der Waals surface area contributed by atoms with Gasteiger partial charge in [-0.25, -0.2) is 0 Å². The van der Waals surface area contributed by atoms with Crippen LogP contribution in [0, 0.1) is 11.8 Å². The molecule has 0 N–H and O–H groups in total. The summed E-state index contributed by atoms with van der Waals surface area (Å²) in [7, 11) is 1.59. The molecule has 8 heteroatoms. The van der Waals surface area contributed by atoms with Crippen molar-refractivity contribution in [3.05, 3.63) is 36.5 Å². The Hall–Kier alpha value is -2.87. The van der Waals surface area contributed by atoms with Crippen LogP contribution in [-0.2, 0) is 28.6 Å². The first-order chi connectivity index (χ1) is 14.2. The van der Waals surface area contributed by atoms with Crippen LogP contribution in [0.1, 0.15) is 27.7 Å². The number of ketones is 1. The minimum absolute atomic E-state index is 0.0890. The van der Waals surface area contributed by atoms with Gasteiger partial charge in [0.2, 0.25) is 0 Å². The Labute approximate surface area is 175 Å². The maximum Gasteiger partial charge on any atom is 0.303 e. The topological polar surface area (TPSA) is 91.4 Å². The maximum absolute atomic E-state index is 12.7. The smallest absolute Gasteiger partial charge is 0.303 e. The van der Waals surface area contributed by atoms with Crippen LogP contribution in [0.5, 0.6) is 5.75 Å². The number of ether oxygens (including phenoxy) is 4. The zero-order valence-corrected chi connectivity index (χ0v) is 17.8. The molecule has 2 aliphatic heterocycles. The standard InChI is InChI=1S/C22H27NO7/c1-13(24)20-18-10-11-23(16-6-8-17(27-5)9-7-16)22(20,4)30-19(12-28-14(2)25)21(18)29-15(3)26/h6-11,18-21H,12H2,1-5H3. The third-order valence-electron chi connectivity index (χ3n) is 5.57. The van der Waals surface area contributed by atoms with E-state index in [9.17, 15) is 14.4 Å². The van der Waals surface area contributed by atoms with Gasteiger partial charge < -0.3 is 23.8 Å². The lowest BCUT2D eigenvalue weighted by Gasteiger charge is -2.56. The summed E-state index contributed by atoms with van der Waals surface area (Å²) >= 11 is 0. The molecule has 8 nitrogen and oxygen atoms in total. The maximum atomic E-state index is 12.7. The first-order valence-corrected chi connectivity index (χ1v) is 9.78. The number of rotatable bonds is 6. The molecular formula is C22H27NO7. The Bertz CT molecular complexity index is 850. The Morgan fingerprint density at radius 2 is 1.77 bits per heavy atom.